The molecule has 0 aromatic heterocycles. The third kappa shape index (κ3) is 3.81. The quantitative estimate of drug-likeness (QED) is 0.640. The van der Waals surface area contributed by atoms with E-state index in [1.807, 2.05) is 50.2 Å². The molecular weight excluding hydrogens is 352 g/mol. The summed E-state index contributed by atoms with van der Waals surface area (Å²) in [5.41, 5.74) is 0.996. The van der Waals surface area contributed by atoms with Gasteiger partial charge in [-0.25, -0.2) is 0 Å². The summed E-state index contributed by atoms with van der Waals surface area (Å²) in [6.07, 6.45) is 1.68. The second-order valence-electron chi connectivity index (χ2n) is 7.34. The van der Waals surface area contributed by atoms with Crippen molar-refractivity contribution >= 4 is 16.4 Å². The summed E-state index contributed by atoms with van der Waals surface area (Å²) in [5, 5.41) is 0. The van der Waals surface area contributed by atoms with Gasteiger partial charge in [-0.1, -0.05) is 56.3 Å². The van der Waals surface area contributed by atoms with Crippen LogP contribution in [0.3, 0.4) is 0 Å². The van der Waals surface area contributed by atoms with Gasteiger partial charge >= 0.3 is 10.1 Å². The fraction of sp³-hybridized carbons (Fsp3) is 0.350. The minimum atomic E-state index is -4.29. The number of carbonyl (C=O) groups is 1. The van der Waals surface area contributed by atoms with E-state index in [1.165, 1.54) is 0 Å². The molecule has 2 aromatic rings. The molecule has 0 radical (unpaired) electrons. The maximum Gasteiger partial charge on any atom is 0.303 e. The van der Waals surface area contributed by atoms with Crippen LogP contribution in [0.1, 0.15) is 42.9 Å². The largest absolute Gasteiger partial charge is 0.472 e. The first-order valence-electron chi connectivity index (χ1n) is 8.47. The Hall–Kier alpha value is -2.18. The van der Waals surface area contributed by atoms with Crippen molar-refractivity contribution in [1.82, 2.24) is 0 Å². The van der Waals surface area contributed by atoms with Crippen molar-refractivity contribution in [3.63, 3.8) is 0 Å². The van der Waals surface area contributed by atoms with Gasteiger partial charge in [0.15, 0.2) is 0 Å². The van der Waals surface area contributed by atoms with E-state index >= 15 is 0 Å². The van der Waals surface area contributed by atoms with E-state index in [-0.39, 0.29) is 12.3 Å². The number of hydrogen-bond donors (Lipinski definition) is 1. The minimum Gasteiger partial charge on any atom is -0.472 e. The highest BCUT2D eigenvalue weighted by Crippen LogP contribution is 2.43. The highest BCUT2D eigenvalue weighted by Gasteiger charge is 2.40. The van der Waals surface area contributed by atoms with Gasteiger partial charge in [-0.2, -0.15) is 8.42 Å². The standard InChI is InChI=1S/C20H22O5S/c1-20(2)12-19(26(22,23)24)25-18-9-8-15(11-17(18)20)16(13-21)10-14-6-4-3-5-7-14/h3-9,11,13,16,19H,10,12H2,1-2H3,(H,22,23,24). The Morgan fingerprint density at radius 3 is 2.54 bits per heavy atom. The Labute approximate surface area is 153 Å². The Bertz CT molecular complexity index is 903. The number of carbonyl (C=O) groups excluding carboxylic acids is 1. The van der Waals surface area contributed by atoms with E-state index in [1.54, 1.807) is 12.1 Å². The summed E-state index contributed by atoms with van der Waals surface area (Å²) in [6, 6.07) is 15.2. The van der Waals surface area contributed by atoms with Crippen molar-refractivity contribution < 1.29 is 22.5 Å². The average Bonchev–Trinajstić information content (AvgIpc) is 2.59. The molecule has 0 fully saturated rings. The van der Waals surface area contributed by atoms with Gasteiger partial charge in [-0.3, -0.25) is 4.55 Å². The summed E-state index contributed by atoms with van der Waals surface area (Å²) in [6.45, 7) is 3.81. The molecule has 5 nitrogen and oxygen atoms in total. The molecule has 0 aliphatic carbocycles. The molecule has 0 bridgehead atoms. The van der Waals surface area contributed by atoms with Gasteiger partial charge in [0.25, 0.3) is 0 Å². The fourth-order valence-electron chi connectivity index (χ4n) is 3.40. The van der Waals surface area contributed by atoms with E-state index in [0.717, 1.165) is 23.0 Å². The number of aldehydes is 1. The van der Waals surface area contributed by atoms with Crippen LogP contribution in [0.25, 0.3) is 0 Å². The van der Waals surface area contributed by atoms with Crippen LogP contribution in [0.15, 0.2) is 48.5 Å². The van der Waals surface area contributed by atoms with E-state index < -0.39 is 21.0 Å². The van der Waals surface area contributed by atoms with E-state index in [4.69, 9.17) is 4.74 Å². The van der Waals surface area contributed by atoms with Gasteiger partial charge in [0.1, 0.15) is 12.0 Å². The van der Waals surface area contributed by atoms with Gasteiger partial charge in [-0.15, -0.1) is 0 Å². The normalized spacial score (nSPS) is 19.9. The molecule has 1 aliphatic rings. The Kier molecular flexibility index (Phi) is 4.90. The van der Waals surface area contributed by atoms with Gasteiger partial charge in [0, 0.05) is 17.9 Å². The van der Waals surface area contributed by atoms with Crippen LogP contribution in [-0.4, -0.2) is 24.7 Å². The predicted octanol–water partition coefficient (Wildman–Crippen LogP) is 3.49. The molecule has 26 heavy (non-hydrogen) atoms. The molecule has 1 aliphatic heterocycles. The van der Waals surface area contributed by atoms with Crippen molar-refractivity contribution in [2.75, 3.05) is 0 Å². The highest BCUT2D eigenvalue weighted by molar-refractivity contribution is 7.86. The van der Waals surface area contributed by atoms with Gasteiger partial charge in [0.2, 0.25) is 5.44 Å². The highest BCUT2D eigenvalue weighted by atomic mass is 32.2. The summed E-state index contributed by atoms with van der Waals surface area (Å²) in [7, 11) is -4.29. The second-order valence-corrected chi connectivity index (χ2v) is 8.89. The molecule has 0 saturated heterocycles. The first-order valence-corrected chi connectivity index (χ1v) is 9.97. The van der Waals surface area contributed by atoms with Crippen LogP contribution in [0.4, 0.5) is 0 Å². The van der Waals surface area contributed by atoms with Gasteiger partial charge < -0.3 is 9.53 Å². The molecule has 138 valence electrons. The van der Waals surface area contributed by atoms with E-state index in [0.29, 0.717) is 12.2 Å². The molecule has 2 aromatic carbocycles. The first kappa shape index (κ1) is 18.6. The van der Waals surface area contributed by atoms with Crippen LogP contribution < -0.4 is 4.74 Å². The molecule has 0 amide bonds. The molecular formula is C20H22O5S. The zero-order chi connectivity index (χ0) is 18.9. The van der Waals surface area contributed by atoms with Crippen LogP contribution in [0, 0.1) is 0 Å². The molecule has 0 spiro atoms. The number of rotatable bonds is 5. The summed E-state index contributed by atoms with van der Waals surface area (Å²) < 4.78 is 37.8. The van der Waals surface area contributed by atoms with Gasteiger partial charge in [-0.05, 0) is 29.0 Å². The lowest BCUT2D eigenvalue weighted by Crippen LogP contribution is -2.39. The Morgan fingerprint density at radius 2 is 1.92 bits per heavy atom. The first-order chi connectivity index (χ1) is 12.2. The van der Waals surface area contributed by atoms with Crippen molar-refractivity contribution in [3.8, 4) is 5.75 Å². The third-order valence-electron chi connectivity index (χ3n) is 4.89. The third-order valence-corrected chi connectivity index (χ3v) is 5.82. The second kappa shape index (κ2) is 6.85. The van der Waals surface area contributed by atoms with Crippen LogP contribution in [0.5, 0.6) is 5.75 Å². The molecule has 2 atom stereocenters. The maximum absolute atomic E-state index is 11.7. The van der Waals surface area contributed by atoms with Crippen molar-refractivity contribution in [2.24, 2.45) is 0 Å². The molecule has 6 heteroatoms. The summed E-state index contributed by atoms with van der Waals surface area (Å²) in [4.78, 5) is 11.7. The molecule has 0 saturated carbocycles. The molecule has 1 N–H and O–H groups in total. The van der Waals surface area contributed by atoms with Crippen molar-refractivity contribution in [1.29, 1.82) is 0 Å². The lowest BCUT2D eigenvalue weighted by Gasteiger charge is -2.36. The van der Waals surface area contributed by atoms with Crippen LogP contribution in [-0.2, 0) is 26.7 Å². The molecule has 1 heterocycles. The van der Waals surface area contributed by atoms with E-state index in [2.05, 4.69) is 0 Å². The number of benzene rings is 2. The average molecular weight is 374 g/mol. The molecule has 3 rings (SSSR count). The number of ether oxygens (including phenoxy) is 1. The monoisotopic (exact) mass is 374 g/mol. The van der Waals surface area contributed by atoms with Gasteiger partial charge in [0.05, 0.1) is 0 Å². The zero-order valence-electron chi connectivity index (χ0n) is 14.8. The molecule has 2 unspecified atom stereocenters. The summed E-state index contributed by atoms with van der Waals surface area (Å²) >= 11 is 0. The summed E-state index contributed by atoms with van der Waals surface area (Å²) in [5.74, 6) is 0.134. The lowest BCUT2D eigenvalue weighted by atomic mass is 9.78. The van der Waals surface area contributed by atoms with Crippen LogP contribution in [0.2, 0.25) is 0 Å². The lowest BCUT2D eigenvalue weighted by molar-refractivity contribution is -0.109. The van der Waals surface area contributed by atoms with Crippen LogP contribution >= 0.6 is 0 Å². The number of fused-ring (bicyclic) bond motifs is 1. The number of hydrogen-bond acceptors (Lipinski definition) is 4. The fourth-order valence-corrected chi connectivity index (χ4v) is 4.25. The topological polar surface area (TPSA) is 80.7 Å². The zero-order valence-corrected chi connectivity index (χ0v) is 15.6. The maximum atomic E-state index is 11.7. The Morgan fingerprint density at radius 1 is 1.23 bits per heavy atom. The van der Waals surface area contributed by atoms with E-state index in [9.17, 15) is 17.8 Å². The SMILES string of the molecule is CC1(C)CC(S(=O)(=O)O)Oc2ccc(C(C=O)Cc3ccccc3)cc21. The smallest absolute Gasteiger partial charge is 0.303 e. The minimum absolute atomic E-state index is 0.146. The Balaban J connectivity index is 1.94. The predicted molar refractivity (Wildman–Crippen MR) is 99.0 cm³/mol. The van der Waals surface area contributed by atoms with Crippen molar-refractivity contribution in [2.45, 2.75) is 43.5 Å². The van der Waals surface area contributed by atoms with Crippen molar-refractivity contribution in [3.05, 3.63) is 65.2 Å².